The van der Waals surface area contributed by atoms with E-state index in [-0.39, 0.29) is 12.0 Å². The monoisotopic (exact) mass is 416 g/mol. The SMILES string of the molecule is CC(C)Oc1ncc(C(=O)NCc2cccc(CN3CCN(C)CC3)c2)cc1Cl. The zero-order valence-electron chi connectivity index (χ0n) is 17.3. The molecule has 1 fully saturated rings. The highest BCUT2D eigenvalue weighted by Crippen LogP contribution is 2.23. The first-order valence-electron chi connectivity index (χ1n) is 10.00. The maximum Gasteiger partial charge on any atom is 0.253 e. The lowest BCUT2D eigenvalue weighted by Gasteiger charge is -2.32. The lowest BCUT2D eigenvalue weighted by Crippen LogP contribution is -2.43. The van der Waals surface area contributed by atoms with Crippen molar-refractivity contribution in [3.8, 4) is 5.88 Å². The number of piperazine rings is 1. The number of hydrogen-bond donors (Lipinski definition) is 1. The second-order valence-electron chi connectivity index (χ2n) is 7.76. The van der Waals surface area contributed by atoms with Crippen molar-refractivity contribution in [2.75, 3.05) is 33.2 Å². The number of carbonyl (C=O) groups is 1. The van der Waals surface area contributed by atoms with Crippen molar-refractivity contribution in [2.24, 2.45) is 0 Å². The average molecular weight is 417 g/mol. The molecule has 6 nitrogen and oxygen atoms in total. The fraction of sp³-hybridized carbons (Fsp3) is 0.455. The molecule has 7 heteroatoms. The number of likely N-dealkylation sites (N-methyl/N-ethyl adjacent to an activating group) is 1. The number of aromatic nitrogens is 1. The van der Waals surface area contributed by atoms with Crippen molar-refractivity contribution >= 4 is 17.5 Å². The topological polar surface area (TPSA) is 57.7 Å². The van der Waals surface area contributed by atoms with E-state index < -0.39 is 0 Å². The van der Waals surface area contributed by atoms with E-state index in [1.807, 2.05) is 26.0 Å². The van der Waals surface area contributed by atoms with Gasteiger partial charge in [0.1, 0.15) is 5.02 Å². The van der Waals surface area contributed by atoms with Crippen molar-refractivity contribution in [3.63, 3.8) is 0 Å². The molecule has 3 rings (SSSR count). The van der Waals surface area contributed by atoms with Gasteiger partial charge in [-0.2, -0.15) is 0 Å². The summed E-state index contributed by atoms with van der Waals surface area (Å²) in [7, 11) is 2.16. The Morgan fingerprint density at radius 1 is 1.21 bits per heavy atom. The van der Waals surface area contributed by atoms with Gasteiger partial charge in [-0.3, -0.25) is 9.69 Å². The molecule has 0 radical (unpaired) electrons. The molecular weight excluding hydrogens is 388 g/mol. The number of pyridine rings is 1. The summed E-state index contributed by atoms with van der Waals surface area (Å²) >= 11 is 6.18. The molecule has 0 bridgehead atoms. The molecule has 1 amide bonds. The number of amides is 1. The Morgan fingerprint density at radius 2 is 1.93 bits per heavy atom. The first kappa shape index (κ1) is 21.6. The van der Waals surface area contributed by atoms with Crippen molar-refractivity contribution in [1.82, 2.24) is 20.1 Å². The number of halogens is 1. The highest BCUT2D eigenvalue weighted by Gasteiger charge is 2.14. The van der Waals surface area contributed by atoms with Gasteiger partial charge in [-0.05, 0) is 38.1 Å². The summed E-state index contributed by atoms with van der Waals surface area (Å²) in [5, 5.41) is 3.27. The van der Waals surface area contributed by atoms with Gasteiger partial charge in [-0.1, -0.05) is 35.9 Å². The molecule has 0 spiro atoms. The van der Waals surface area contributed by atoms with E-state index in [1.54, 1.807) is 6.07 Å². The van der Waals surface area contributed by atoms with Crippen LogP contribution in [-0.2, 0) is 13.1 Å². The standard InChI is InChI=1S/C22H29ClN4O2/c1-16(2)29-22-20(23)12-19(14-25-22)21(28)24-13-17-5-4-6-18(11-17)15-27-9-7-26(3)8-10-27/h4-6,11-12,14,16H,7-10,13,15H2,1-3H3,(H,24,28). The third kappa shape index (κ3) is 6.42. The van der Waals surface area contributed by atoms with Crippen LogP contribution in [-0.4, -0.2) is 60.0 Å². The summed E-state index contributed by atoms with van der Waals surface area (Å²) in [6, 6.07) is 9.96. The Labute approximate surface area is 177 Å². The minimum atomic E-state index is -0.208. The summed E-state index contributed by atoms with van der Waals surface area (Å²) < 4.78 is 5.51. The number of rotatable bonds is 7. The first-order valence-corrected chi connectivity index (χ1v) is 10.4. The van der Waals surface area contributed by atoms with Gasteiger partial charge in [0.2, 0.25) is 5.88 Å². The highest BCUT2D eigenvalue weighted by molar-refractivity contribution is 6.32. The van der Waals surface area contributed by atoms with Crippen molar-refractivity contribution < 1.29 is 9.53 Å². The molecule has 0 atom stereocenters. The van der Waals surface area contributed by atoms with Crippen LogP contribution in [0.4, 0.5) is 0 Å². The molecule has 156 valence electrons. The van der Waals surface area contributed by atoms with E-state index in [0.717, 1.165) is 38.3 Å². The molecule has 29 heavy (non-hydrogen) atoms. The van der Waals surface area contributed by atoms with Crippen LogP contribution in [0.5, 0.6) is 5.88 Å². The third-order valence-corrected chi connectivity index (χ3v) is 5.13. The number of hydrogen-bond acceptors (Lipinski definition) is 5. The molecule has 2 heterocycles. The van der Waals surface area contributed by atoms with Crippen LogP contribution >= 0.6 is 11.6 Å². The van der Waals surface area contributed by atoms with Crippen molar-refractivity contribution in [2.45, 2.75) is 33.0 Å². The Bertz CT molecular complexity index is 835. The summed E-state index contributed by atoms with van der Waals surface area (Å²) in [5.74, 6) is 0.134. The fourth-order valence-electron chi connectivity index (χ4n) is 3.25. The molecule has 1 aliphatic heterocycles. The van der Waals surface area contributed by atoms with E-state index in [2.05, 4.69) is 39.3 Å². The van der Waals surface area contributed by atoms with Gasteiger partial charge in [0.15, 0.2) is 0 Å². The molecule has 2 aromatic rings. The maximum atomic E-state index is 12.5. The Balaban J connectivity index is 1.55. The largest absolute Gasteiger partial charge is 0.474 e. The summed E-state index contributed by atoms with van der Waals surface area (Å²) in [5.41, 5.74) is 2.75. The highest BCUT2D eigenvalue weighted by atomic mass is 35.5. The second kappa shape index (κ2) is 10.1. The summed E-state index contributed by atoms with van der Waals surface area (Å²) in [6.45, 7) is 9.57. The minimum Gasteiger partial charge on any atom is -0.474 e. The molecular formula is C22H29ClN4O2. The Kier molecular flexibility index (Phi) is 7.47. The third-order valence-electron chi connectivity index (χ3n) is 4.86. The van der Waals surface area contributed by atoms with E-state index in [4.69, 9.17) is 16.3 Å². The van der Waals surface area contributed by atoms with Crippen LogP contribution in [0.3, 0.4) is 0 Å². The van der Waals surface area contributed by atoms with E-state index in [9.17, 15) is 4.79 Å². The average Bonchev–Trinajstić information content (AvgIpc) is 2.69. The molecule has 1 aliphatic rings. The van der Waals surface area contributed by atoms with Crippen LogP contribution in [0, 0.1) is 0 Å². The van der Waals surface area contributed by atoms with Crippen LogP contribution in [0.1, 0.15) is 35.3 Å². The van der Waals surface area contributed by atoms with Crippen molar-refractivity contribution in [1.29, 1.82) is 0 Å². The number of ether oxygens (including phenoxy) is 1. The first-order chi connectivity index (χ1) is 13.9. The number of nitrogens with one attached hydrogen (secondary N) is 1. The Hall–Kier alpha value is -2.15. The number of nitrogens with zero attached hydrogens (tertiary/aromatic N) is 3. The molecule has 1 saturated heterocycles. The lowest BCUT2D eigenvalue weighted by molar-refractivity contribution is 0.0950. The van der Waals surface area contributed by atoms with Gasteiger partial charge in [-0.15, -0.1) is 0 Å². The smallest absolute Gasteiger partial charge is 0.253 e. The van der Waals surface area contributed by atoms with Gasteiger partial charge in [0.05, 0.1) is 11.7 Å². The van der Waals surface area contributed by atoms with Crippen LogP contribution < -0.4 is 10.1 Å². The summed E-state index contributed by atoms with van der Waals surface area (Å²) in [4.78, 5) is 21.4. The quantitative estimate of drug-likeness (QED) is 0.751. The normalized spacial score (nSPS) is 15.5. The van der Waals surface area contributed by atoms with Crippen LogP contribution in [0.25, 0.3) is 0 Å². The molecule has 1 N–H and O–H groups in total. The minimum absolute atomic E-state index is 0.0298. The molecule has 1 aromatic heterocycles. The zero-order valence-corrected chi connectivity index (χ0v) is 18.1. The summed E-state index contributed by atoms with van der Waals surface area (Å²) in [6.07, 6.45) is 1.46. The van der Waals surface area contributed by atoms with Gasteiger partial charge < -0.3 is 15.0 Å². The molecule has 0 saturated carbocycles. The number of benzene rings is 1. The predicted molar refractivity (Wildman–Crippen MR) is 115 cm³/mol. The van der Waals surface area contributed by atoms with Gasteiger partial charge in [0.25, 0.3) is 5.91 Å². The van der Waals surface area contributed by atoms with E-state index >= 15 is 0 Å². The maximum absolute atomic E-state index is 12.5. The van der Waals surface area contributed by atoms with Gasteiger partial charge in [-0.25, -0.2) is 4.98 Å². The molecule has 1 aromatic carbocycles. The predicted octanol–water partition coefficient (Wildman–Crippen LogP) is 3.20. The van der Waals surface area contributed by atoms with E-state index in [1.165, 1.54) is 11.8 Å². The van der Waals surface area contributed by atoms with Gasteiger partial charge >= 0.3 is 0 Å². The second-order valence-corrected chi connectivity index (χ2v) is 8.17. The van der Waals surface area contributed by atoms with Crippen molar-refractivity contribution in [3.05, 3.63) is 58.2 Å². The van der Waals surface area contributed by atoms with Crippen LogP contribution in [0.15, 0.2) is 36.5 Å². The molecule has 0 unspecified atom stereocenters. The Morgan fingerprint density at radius 3 is 2.62 bits per heavy atom. The van der Waals surface area contributed by atoms with Gasteiger partial charge in [0, 0.05) is 45.5 Å². The zero-order chi connectivity index (χ0) is 20.8. The fourth-order valence-corrected chi connectivity index (χ4v) is 3.46. The number of carbonyl (C=O) groups excluding carboxylic acids is 1. The lowest BCUT2D eigenvalue weighted by atomic mass is 10.1. The van der Waals surface area contributed by atoms with E-state index in [0.29, 0.717) is 23.0 Å². The molecule has 0 aliphatic carbocycles. The van der Waals surface area contributed by atoms with Crippen LogP contribution in [0.2, 0.25) is 5.02 Å².